The van der Waals surface area contributed by atoms with Crippen molar-refractivity contribution in [3.05, 3.63) is 71.0 Å². The van der Waals surface area contributed by atoms with Crippen LogP contribution >= 0.6 is 0 Å². The maximum Gasteiger partial charge on any atom is 0.336 e. The van der Waals surface area contributed by atoms with E-state index in [1.807, 2.05) is 49.4 Å². The molecule has 0 N–H and O–H groups in total. The normalized spacial score (nSPS) is 18.4. The predicted molar refractivity (Wildman–Crippen MR) is 115 cm³/mol. The first-order chi connectivity index (χ1) is 14.4. The Morgan fingerprint density at radius 3 is 2.70 bits per heavy atom. The van der Waals surface area contributed by atoms with E-state index in [1.54, 1.807) is 0 Å². The lowest BCUT2D eigenvalue weighted by atomic mass is 9.93. The first-order valence-corrected chi connectivity index (χ1v) is 10.2. The number of aryl methyl sites for hydroxylation is 1. The van der Waals surface area contributed by atoms with Gasteiger partial charge in [-0.3, -0.25) is 0 Å². The minimum Gasteiger partial charge on any atom is -0.488 e. The Morgan fingerprint density at radius 2 is 1.93 bits per heavy atom. The Bertz CT molecular complexity index is 999. The largest absolute Gasteiger partial charge is 0.488 e. The molecule has 0 aliphatic carbocycles. The van der Waals surface area contributed by atoms with Crippen molar-refractivity contribution in [1.82, 2.24) is 0 Å². The van der Waals surface area contributed by atoms with Gasteiger partial charge < -0.3 is 18.9 Å². The number of cyclic esters (lactones) is 1. The average molecular weight is 406 g/mol. The summed E-state index contributed by atoms with van der Waals surface area (Å²) in [7, 11) is 0. The molecule has 2 aliphatic rings. The fourth-order valence-electron chi connectivity index (χ4n) is 3.56. The molecular formula is C25H26O5. The van der Waals surface area contributed by atoms with E-state index in [4.69, 9.17) is 18.9 Å². The molecule has 0 amide bonds. The zero-order chi connectivity index (χ0) is 21.1. The number of rotatable bonds is 6. The maximum absolute atomic E-state index is 12.0. The van der Waals surface area contributed by atoms with E-state index in [0.29, 0.717) is 18.1 Å². The van der Waals surface area contributed by atoms with Crippen LogP contribution in [-0.2, 0) is 20.7 Å². The van der Waals surface area contributed by atoms with Gasteiger partial charge in [0.1, 0.15) is 22.9 Å². The average Bonchev–Trinajstić information content (AvgIpc) is 3.08. The van der Waals surface area contributed by atoms with Crippen molar-refractivity contribution in [1.29, 1.82) is 0 Å². The van der Waals surface area contributed by atoms with Gasteiger partial charge in [0, 0.05) is 18.3 Å². The Kier molecular flexibility index (Phi) is 5.64. The van der Waals surface area contributed by atoms with Gasteiger partial charge in [0.15, 0.2) is 6.79 Å². The first-order valence-electron chi connectivity index (χ1n) is 10.2. The highest BCUT2D eigenvalue weighted by molar-refractivity contribution is 6.03. The molecule has 0 radical (unpaired) electrons. The quantitative estimate of drug-likeness (QED) is 0.377. The lowest BCUT2D eigenvalue weighted by Gasteiger charge is -2.32. The number of benzene rings is 2. The van der Waals surface area contributed by atoms with Crippen LogP contribution in [-0.4, -0.2) is 25.0 Å². The zero-order valence-corrected chi connectivity index (χ0v) is 17.6. The highest BCUT2D eigenvalue weighted by atomic mass is 16.7. The molecule has 2 heterocycles. The zero-order valence-electron chi connectivity index (χ0n) is 17.6. The van der Waals surface area contributed by atoms with Crippen molar-refractivity contribution in [3.63, 3.8) is 0 Å². The third-order valence-electron chi connectivity index (χ3n) is 5.18. The monoisotopic (exact) mass is 406 g/mol. The van der Waals surface area contributed by atoms with Gasteiger partial charge >= 0.3 is 5.97 Å². The van der Waals surface area contributed by atoms with Crippen LogP contribution in [0.4, 0.5) is 0 Å². The van der Waals surface area contributed by atoms with Gasteiger partial charge in [-0.1, -0.05) is 18.2 Å². The second kappa shape index (κ2) is 8.36. The molecule has 0 atom stereocenters. The third kappa shape index (κ3) is 4.57. The molecular weight excluding hydrogens is 380 g/mol. The topological polar surface area (TPSA) is 54.0 Å². The molecule has 0 unspecified atom stereocenters. The van der Waals surface area contributed by atoms with E-state index < -0.39 is 0 Å². The number of hydrogen-bond donors (Lipinski definition) is 0. The van der Waals surface area contributed by atoms with Crippen molar-refractivity contribution in [3.8, 4) is 11.5 Å². The van der Waals surface area contributed by atoms with Crippen molar-refractivity contribution in [2.24, 2.45) is 0 Å². The van der Waals surface area contributed by atoms with E-state index in [9.17, 15) is 4.79 Å². The fourth-order valence-corrected chi connectivity index (χ4v) is 3.56. The van der Waals surface area contributed by atoms with Crippen molar-refractivity contribution < 1.29 is 23.7 Å². The number of carbonyl (C=O) groups excluding carboxylic acids is 1. The number of fused-ring (bicyclic) bond motifs is 1. The summed E-state index contributed by atoms with van der Waals surface area (Å²) in [4.78, 5) is 12.0. The minimum absolute atomic E-state index is 0.136. The molecule has 5 heteroatoms. The van der Waals surface area contributed by atoms with Crippen LogP contribution in [0.25, 0.3) is 11.6 Å². The van der Waals surface area contributed by atoms with Crippen molar-refractivity contribution >= 4 is 17.6 Å². The third-order valence-corrected chi connectivity index (χ3v) is 5.18. The van der Waals surface area contributed by atoms with Gasteiger partial charge in [-0.05, 0) is 80.6 Å². The summed E-state index contributed by atoms with van der Waals surface area (Å²) in [5.41, 5.74) is 3.66. The summed E-state index contributed by atoms with van der Waals surface area (Å²) < 4.78 is 22.2. The van der Waals surface area contributed by atoms with Crippen LogP contribution < -0.4 is 9.47 Å². The van der Waals surface area contributed by atoms with Crippen LogP contribution in [0.5, 0.6) is 11.5 Å². The van der Waals surface area contributed by atoms with E-state index in [1.165, 1.54) is 11.6 Å². The number of esters is 1. The lowest BCUT2D eigenvalue weighted by molar-refractivity contribution is -0.132. The molecule has 2 aromatic rings. The number of ether oxygens (including phenoxy) is 4. The molecule has 0 saturated heterocycles. The summed E-state index contributed by atoms with van der Waals surface area (Å²) in [6, 6.07) is 13.6. The van der Waals surface area contributed by atoms with Crippen molar-refractivity contribution in [2.75, 3.05) is 13.4 Å². The molecule has 0 saturated carbocycles. The molecule has 0 fully saturated rings. The van der Waals surface area contributed by atoms with E-state index in [0.717, 1.165) is 35.3 Å². The van der Waals surface area contributed by atoms with Crippen LogP contribution in [0.2, 0.25) is 0 Å². The molecule has 4 rings (SSSR count). The first kappa shape index (κ1) is 20.2. The second-order valence-corrected chi connectivity index (χ2v) is 8.00. The van der Waals surface area contributed by atoms with Crippen LogP contribution in [0, 0.1) is 0 Å². The smallest absolute Gasteiger partial charge is 0.336 e. The SMILES string of the molecule is CCOCOc1ccc(C2=CC(=O)O/C2=C\c2ccc3c(c2)CCC(C)(C)O3)cc1. The Hall–Kier alpha value is -3.05. The van der Waals surface area contributed by atoms with Gasteiger partial charge in [0.2, 0.25) is 0 Å². The van der Waals surface area contributed by atoms with E-state index >= 15 is 0 Å². The highest BCUT2D eigenvalue weighted by Crippen LogP contribution is 2.36. The highest BCUT2D eigenvalue weighted by Gasteiger charge is 2.27. The maximum atomic E-state index is 12.0. The predicted octanol–water partition coefficient (Wildman–Crippen LogP) is 5.14. The minimum atomic E-state index is -0.365. The second-order valence-electron chi connectivity index (χ2n) is 8.00. The summed E-state index contributed by atoms with van der Waals surface area (Å²) in [5, 5.41) is 0. The summed E-state index contributed by atoms with van der Waals surface area (Å²) in [5.74, 6) is 1.81. The summed E-state index contributed by atoms with van der Waals surface area (Å²) >= 11 is 0. The van der Waals surface area contributed by atoms with Crippen LogP contribution in [0.1, 0.15) is 43.9 Å². The number of hydrogen-bond acceptors (Lipinski definition) is 5. The fraction of sp³-hybridized carbons (Fsp3) is 0.320. The van der Waals surface area contributed by atoms with Gasteiger partial charge in [0.05, 0.1) is 0 Å². The Morgan fingerprint density at radius 1 is 1.13 bits per heavy atom. The van der Waals surface area contributed by atoms with Gasteiger partial charge in [-0.2, -0.15) is 0 Å². The number of allylic oxidation sites excluding steroid dienone is 1. The van der Waals surface area contributed by atoms with Crippen molar-refractivity contribution in [2.45, 2.75) is 39.2 Å². The molecule has 2 aromatic carbocycles. The molecule has 5 nitrogen and oxygen atoms in total. The standard InChI is InChI=1S/C25H26O5/c1-4-27-16-28-20-8-6-18(7-9-20)21-15-24(26)29-23(21)14-17-5-10-22-19(13-17)11-12-25(2,3)30-22/h5-10,13-15H,4,11-12,16H2,1-3H3/b23-14-. The molecule has 0 aromatic heterocycles. The number of carbonyl (C=O) groups is 1. The molecule has 156 valence electrons. The van der Waals surface area contributed by atoms with E-state index in [-0.39, 0.29) is 18.4 Å². The van der Waals surface area contributed by atoms with Gasteiger partial charge in [0.25, 0.3) is 0 Å². The van der Waals surface area contributed by atoms with Gasteiger partial charge in [-0.25, -0.2) is 4.79 Å². The molecule has 30 heavy (non-hydrogen) atoms. The van der Waals surface area contributed by atoms with Crippen LogP contribution in [0.15, 0.2) is 54.3 Å². The Labute approximate surface area is 176 Å². The summed E-state index contributed by atoms with van der Waals surface area (Å²) in [6.45, 7) is 6.94. The molecule has 0 bridgehead atoms. The lowest BCUT2D eigenvalue weighted by Crippen LogP contribution is -2.32. The molecule has 2 aliphatic heterocycles. The van der Waals surface area contributed by atoms with Gasteiger partial charge in [-0.15, -0.1) is 0 Å². The summed E-state index contributed by atoms with van der Waals surface area (Å²) in [6.07, 6.45) is 5.35. The van der Waals surface area contributed by atoms with E-state index in [2.05, 4.69) is 19.9 Å². The van der Waals surface area contributed by atoms with Crippen LogP contribution in [0.3, 0.4) is 0 Å². The molecule has 0 spiro atoms. The Balaban J connectivity index is 1.55.